The number of hydrogen-bond acceptors (Lipinski definition) is 3. The second kappa shape index (κ2) is 6.05. The summed E-state index contributed by atoms with van der Waals surface area (Å²) in [6.45, 7) is 2.37. The number of nitrogens with one attached hydrogen (secondary N) is 1. The van der Waals surface area contributed by atoms with E-state index in [1.807, 2.05) is 6.92 Å². The highest BCUT2D eigenvalue weighted by molar-refractivity contribution is 5.93. The van der Waals surface area contributed by atoms with Crippen LogP contribution in [0.25, 0.3) is 0 Å². The molecule has 3 N–H and O–H groups in total. The highest BCUT2D eigenvalue weighted by atomic mass is 16.3. The van der Waals surface area contributed by atoms with Crippen LogP contribution in [0.2, 0.25) is 0 Å². The SMILES string of the molecule is Cc1ccoc1C(=O)NC(CN)C1CCCCC1. The first-order valence-corrected chi connectivity index (χ1v) is 6.77. The lowest BCUT2D eigenvalue weighted by Crippen LogP contribution is -2.45. The van der Waals surface area contributed by atoms with Crippen LogP contribution in [0.4, 0.5) is 0 Å². The van der Waals surface area contributed by atoms with Crippen molar-refractivity contribution >= 4 is 5.91 Å². The molecule has 1 fully saturated rings. The smallest absolute Gasteiger partial charge is 0.287 e. The van der Waals surface area contributed by atoms with Crippen molar-refractivity contribution in [3.05, 3.63) is 23.7 Å². The van der Waals surface area contributed by atoms with Gasteiger partial charge in [0.1, 0.15) is 0 Å². The van der Waals surface area contributed by atoms with Gasteiger partial charge in [-0.25, -0.2) is 0 Å². The zero-order chi connectivity index (χ0) is 13.0. The minimum atomic E-state index is -0.140. The van der Waals surface area contributed by atoms with Gasteiger partial charge in [-0.2, -0.15) is 0 Å². The van der Waals surface area contributed by atoms with Gasteiger partial charge in [0.05, 0.1) is 6.26 Å². The molecule has 2 rings (SSSR count). The van der Waals surface area contributed by atoms with E-state index in [1.165, 1.54) is 32.1 Å². The zero-order valence-corrected chi connectivity index (χ0v) is 10.9. The minimum Gasteiger partial charge on any atom is -0.459 e. The monoisotopic (exact) mass is 250 g/mol. The van der Waals surface area contributed by atoms with E-state index in [0.717, 1.165) is 5.56 Å². The molecule has 1 amide bonds. The molecule has 0 aliphatic heterocycles. The number of nitrogens with two attached hydrogens (primary N) is 1. The van der Waals surface area contributed by atoms with Crippen molar-refractivity contribution in [1.29, 1.82) is 0 Å². The van der Waals surface area contributed by atoms with Gasteiger partial charge in [0, 0.05) is 18.2 Å². The van der Waals surface area contributed by atoms with E-state index in [1.54, 1.807) is 12.3 Å². The zero-order valence-electron chi connectivity index (χ0n) is 10.9. The largest absolute Gasteiger partial charge is 0.459 e. The number of aryl methyl sites for hydroxylation is 1. The summed E-state index contributed by atoms with van der Waals surface area (Å²) in [5, 5.41) is 3.02. The number of carbonyl (C=O) groups is 1. The van der Waals surface area contributed by atoms with Gasteiger partial charge in [-0.05, 0) is 31.7 Å². The van der Waals surface area contributed by atoms with Crippen LogP contribution in [-0.4, -0.2) is 18.5 Å². The van der Waals surface area contributed by atoms with Crippen molar-refractivity contribution in [2.75, 3.05) is 6.54 Å². The highest BCUT2D eigenvalue weighted by Crippen LogP contribution is 2.26. The van der Waals surface area contributed by atoms with Crippen LogP contribution in [0.1, 0.15) is 48.2 Å². The maximum atomic E-state index is 12.1. The van der Waals surface area contributed by atoms with Gasteiger partial charge in [0.2, 0.25) is 0 Å². The fourth-order valence-corrected chi connectivity index (χ4v) is 2.75. The summed E-state index contributed by atoms with van der Waals surface area (Å²) < 4.78 is 5.21. The van der Waals surface area contributed by atoms with Crippen molar-refractivity contribution in [3.63, 3.8) is 0 Å². The van der Waals surface area contributed by atoms with Crippen LogP contribution in [-0.2, 0) is 0 Å². The average Bonchev–Trinajstić information content (AvgIpc) is 2.83. The first-order valence-electron chi connectivity index (χ1n) is 6.77. The molecule has 1 aromatic rings. The lowest BCUT2D eigenvalue weighted by atomic mass is 9.84. The molecule has 0 bridgehead atoms. The summed E-state index contributed by atoms with van der Waals surface area (Å²) in [6.07, 6.45) is 7.67. The Morgan fingerprint density at radius 3 is 2.78 bits per heavy atom. The average molecular weight is 250 g/mol. The van der Waals surface area contributed by atoms with E-state index >= 15 is 0 Å². The van der Waals surface area contributed by atoms with Crippen LogP contribution in [0.3, 0.4) is 0 Å². The van der Waals surface area contributed by atoms with E-state index in [-0.39, 0.29) is 11.9 Å². The molecular formula is C14H22N2O2. The van der Waals surface area contributed by atoms with Gasteiger partial charge in [0.15, 0.2) is 5.76 Å². The Morgan fingerprint density at radius 1 is 1.50 bits per heavy atom. The van der Waals surface area contributed by atoms with Gasteiger partial charge in [0.25, 0.3) is 5.91 Å². The molecule has 0 radical (unpaired) electrons. The molecule has 100 valence electrons. The van der Waals surface area contributed by atoms with Crippen LogP contribution in [0.5, 0.6) is 0 Å². The number of carbonyl (C=O) groups excluding carboxylic acids is 1. The quantitative estimate of drug-likeness (QED) is 0.861. The van der Waals surface area contributed by atoms with Gasteiger partial charge in [-0.1, -0.05) is 19.3 Å². The summed E-state index contributed by atoms with van der Waals surface area (Å²) in [4.78, 5) is 12.1. The van der Waals surface area contributed by atoms with Crippen molar-refractivity contribution in [2.45, 2.75) is 45.1 Å². The predicted molar refractivity (Wildman–Crippen MR) is 70.3 cm³/mol. The number of hydrogen-bond donors (Lipinski definition) is 2. The molecule has 0 aromatic carbocycles. The van der Waals surface area contributed by atoms with Crippen molar-refractivity contribution in [1.82, 2.24) is 5.32 Å². The Labute approximate surface area is 108 Å². The van der Waals surface area contributed by atoms with Crippen LogP contribution < -0.4 is 11.1 Å². The van der Waals surface area contributed by atoms with Gasteiger partial charge < -0.3 is 15.5 Å². The molecule has 1 aliphatic carbocycles. The van der Waals surface area contributed by atoms with E-state index in [0.29, 0.717) is 18.2 Å². The summed E-state index contributed by atoms with van der Waals surface area (Å²) in [5.74, 6) is 0.783. The third-order valence-electron chi connectivity index (χ3n) is 3.86. The number of furan rings is 1. The minimum absolute atomic E-state index is 0.0716. The van der Waals surface area contributed by atoms with E-state index in [2.05, 4.69) is 5.32 Å². The van der Waals surface area contributed by atoms with Crippen LogP contribution in [0.15, 0.2) is 16.7 Å². The second-order valence-corrected chi connectivity index (χ2v) is 5.15. The van der Waals surface area contributed by atoms with E-state index < -0.39 is 0 Å². The summed E-state index contributed by atoms with van der Waals surface area (Å²) in [6, 6.07) is 1.87. The van der Waals surface area contributed by atoms with Gasteiger partial charge >= 0.3 is 0 Å². The Kier molecular flexibility index (Phi) is 4.42. The summed E-state index contributed by atoms with van der Waals surface area (Å²) in [7, 11) is 0. The molecule has 1 aliphatic rings. The highest BCUT2D eigenvalue weighted by Gasteiger charge is 2.25. The predicted octanol–water partition coefficient (Wildman–Crippen LogP) is 2.23. The maximum absolute atomic E-state index is 12.1. The van der Waals surface area contributed by atoms with Crippen molar-refractivity contribution in [2.24, 2.45) is 11.7 Å². The molecule has 1 aromatic heterocycles. The number of amides is 1. The Hall–Kier alpha value is -1.29. The summed E-state index contributed by atoms with van der Waals surface area (Å²) >= 11 is 0. The lowest BCUT2D eigenvalue weighted by molar-refractivity contribution is 0.0886. The topological polar surface area (TPSA) is 68.3 Å². The van der Waals surface area contributed by atoms with Gasteiger partial charge in [-0.3, -0.25) is 4.79 Å². The Balaban J connectivity index is 1.97. The Bertz CT molecular complexity index is 394. The molecule has 1 saturated carbocycles. The molecule has 1 heterocycles. The third kappa shape index (κ3) is 2.93. The van der Waals surface area contributed by atoms with E-state index in [9.17, 15) is 4.79 Å². The molecule has 0 spiro atoms. The fourth-order valence-electron chi connectivity index (χ4n) is 2.75. The van der Waals surface area contributed by atoms with Crippen LogP contribution >= 0.6 is 0 Å². The van der Waals surface area contributed by atoms with Crippen molar-refractivity contribution < 1.29 is 9.21 Å². The van der Waals surface area contributed by atoms with Gasteiger partial charge in [-0.15, -0.1) is 0 Å². The lowest BCUT2D eigenvalue weighted by Gasteiger charge is -2.29. The Morgan fingerprint density at radius 2 is 2.22 bits per heavy atom. The molecule has 4 nitrogen and oxygen atoms in total. The standard InChI is InChI=1S/C14H22N2O2/c1-10-7-8-18-13(10)14(17)16-12(9-15)11-5-3-2-4-6-11/h7-8,11-12H,2-6,9,15H2,1H3,(H,16,17). The fraction of sp³-hybridized carbons (Fsp3) is 0.643. The molecule has 0 saturated heterocycles. The number of rotatable bonds is 4. The normalized spacial score (nSPS) is 18.6. The maximum Gasteiger partial charge on any atom is 0.287 e. The first-order chi connectivity index (χ1) is 8.72. The van der Waals surface area contributed by atoms with Crippen LogP contribution in [0, 0.1) is 12.8 Å². The molecule has 1 atom stereocenters. The molecule has 4 heteroatoms. The molecular weight excluding hydrogens is 228 g/mol. The van der Waals surface area contributed by atoms with Crippen molar-refractivity contribution in [3.8, 4) is 0 Å². The summed E-state index contributed by atoms with van der Waals surface area (Å²) in [5.41, 5.74) is 6.67. The van der Waals surface area contributed by atoms with E-state index in [4.69, 9.17) is 10.2 Å². The first kappa shape index (κ1) is 13.1. The molecule has 1 unspecified atom stereocenters. The second-order valence-electron chi connectivity index (χ2n) is 5.15. The third-order valence-corrected chi connectivity index (χ3v) is 3.86. The molecule has 18 heavy (non-hydrogen) atoms.